The van der Waals surface area contributed by atoms with Gasteiger partial charge in [-0.1, -0.05) is 17.7 Å². The predicted octanol–water partition coefficient (Wildman–Crippen LogP) is 2.46. The lowest BCUT2D eigenvalue weighted by Gasteiger charge is -2.13. The third-order valence-corrected chi connectivity index (χ3v) is 5.26. The third kappa shape index (κ3) is 3.42. The molecule has 9 heteroatoms. The zero-order chi connectivity index (χ0) is 17.2. The molecule has 0 saturated heterocycles. The molecule has 7 nitrogen and oxygen atoms in total. The summed E-state index contributed by atoms with van der Waals surface area (Å²) in [6, 6.07) is 10.8. The zero-order valence-electron chi connectivity index (χ0n) is 12.9. The van der Waals surface area contributed by atoms with Crippen molar-refractivity contribution >= 4 is 23.0 Å². The normalized spacial score (nSPS) is 13.8. The number of benzene rings is 2. The van der Waals surface area contributed by atoms with Crippen molar-refractivity contribution in [2.75, 3.05) is 6.79 Å². The number of nitrogens with zero attached hydrogens (tertiary/aromatic N) is 3. The molecule has 2 heterocycles. The molecule has 0 radical (unpaired) electrons. The Morgan fingerprint density at radius 2 is 1.92 bits per heavy atom. The summed E-state index contributed by atoms with van der Waals surface area (Å²) >= 11 is 4.73. The van der Waals surface area contributed by atoms with Crippen LogP contribution in [0.4, 0.5) is 0 Å². The van der Waals surface area contributed by atoms with E-state index < -0.39 is 11.4 Å². The smallest absolute Gasteiger partial charge is 0.231 e. The molecular weight excluding hydrogens is 364 g/mol. The Hall–Kier alpha value is -2.26. The van der Waals surface area contributed by atoms with Gasteiger partial charge in [0.15, 0.2) is 16.4 Å². The number of rotatable bonds is 5. The first-order chi connectivity index (χ1) is 12.2. The quantitative estimate of drug-likeness (QED) is 0.688. The Bertz CT molecular complexity index is 891. The maximum atomic E-state index is 12.6. The van der Waals surface area contributed by atoms with Gasteiger partial charge in [0.05, 0.1) is 28.6 Å². The number of ether oxygens (including phenoxy) is 2. The van der Waals surface area contributed by atoms with Gasteiger partial charge in [-0.3, -0.25) is 4.57 Å². The highest BCUT2D eigenvalue weighted by Gasteiger charge is 2.18. The number of halogens is 1. The molecule has 1 aliphatic rings. The Balaban J connectivity index is 1.49. The monoisotopic (exact) mass is 376 g/mol. The maximum absolute atomic E-state index is 12.6. The second-order valence-corrected chi connectivity index (χ2v) is 6.93. The molecule has 128 valence electrons. The first-order valence-corrected chi connectivity index (χ1v) is 8.92. The van der Waals surface area contributed by atoms with E-state index in [1.165, 1.54) is 0 Å². The van der Waals surface area contributed by atoms with Gasteiger partial charge in [0.2, 0.25) is 6.79 Å². The standard InChI is InChI=1S/C16H13ClN4O3S/c17-13-3-2-12(21-8-18-19-9-21)6-16(13)25(22)20-7-11-1-4-14-15(5-11)24-10-23-14/h1-6,8-9,20H,7,10H2. The molecule has 0 spiro atoms. The fraction of sp³-hybridized carbons (Fsp3) is 0.125. The summed E-state index contributed by atoms with van der Waals surface area (Å²) in [5.41, 5.74) is 1.71. The lowest BCUT2D eigenvalue weighted by Crippen LogP contribution is -2.23. The van der Waals surface area contributed by atoms with Crippen LogP contribution in [0, 0.1) is 0 Å². The van der Waals surface area contributed by atoms with E-state index in [4.69, 9.17) is 21.1 Å². The molecule has 3 aromatic rings. The SMILES string of the molecule is [O-][S+](NCc1ccc2c(c1)OCO2)c1cc(-n2cnnc2)ccc1Cl. The van der Waals surface area contributed by atoms with E-state index in [9.17, 15) is 4.55 Å². The van der Waals surface area contributed by atoms with Crippen LogP contribution in [0.1, 0.15) is 5.56 Å². The van der Waals surface area contributed by atoms with Crippen molar-refractivity contribution in [3.8, 4) is 17.2 Å². The Morgan fingerprint density at radius 3 is 2.76 bits per heavy atom. The summed E-state index contributed by atoms with van der Waals surface area (Å²) in [5, 5.41) is 7.96. The van der Waals surface area contributed by atoms with Crippen LogP contribution in [-0.4, -0.2) is 26.1 Å². The van der Waals surface area contributed by atoms with Gasteiger partial charge >= 0.3 is 0 Å². The van der Waals surface area contributed by atoms with Crippen LogP contribution < -0.4 is 14.2 Å². The molecule has 1 unspecified atom stereocenters. The van der Waals surface area contributed by atoms with Gasteiger partial charge in [0.25, 0.3) is 0 Å². The van der Waals surface area contributed by atoms with Gasteiger partial charge in [-0.05, 0) is 29.8 Å². The minimum Gasteiger partial charge on any atom is -0.593 e. The number of fused-ring (bicyclic) bond motifs is 1. The highest BCUT2D eigenvalue weighted by atomic mass is 35.5. The second-order valence-electron chi connectivity index (χ2n) is 5.26. The topological polar surface area (TPSA) is 84.3 Å². The van der Waals surface area contributed by atoms with E-state index in [1.54, 1.807) is 29.4 Å². The molecule has 0 bridgehead atoms. The molecule has 0 aliphatic carbocycles. The highest BCUT2D eigenvalue weighted by Crippen LogP contribution is 2.32. The van der Waals surface area contributed by atoms with Gasteiger partial charge in [0.1, 0.15) is 12.7 Å². The average Bonchev–Trinajstić information content (AvgIpc) is 3.31. The molecular formula is C16H13ClN4O3S. The van der Waals surface area contributed by atoms with Crippen LogP contribution in [0.25, 0.3) is 5.69 Å². The summed E-state index contributed by atoms with van der Waals surface area (Å²) < 4.78 is 27.9. The lowest BCUT2D eigenvalue weighted by molar-refractivity contribution is 0.174. The minimum absolute atomic E-state index is 0.226. The highest BCUT2D eigenvalue weighted by molar-refractivity contribution is 7.89. The third-order valence-electron chi connectivity index (χ3n) is 3.68. The van der Waals surface area contributed by atoms with Crippen molar-refractivity contribution in [2.24, 2.45) is 0 Å². The van der Waals surface area contributed by atoms with E-state index >= 15 is 0 Å². The zero-order valence-corrected chi connectivity index (χ0v) is 14.5. The predicted molar refractivity (Wildman–Crippen MR) is 92.2 cm³/mol. The molecule has 1 aromatic heterocycles. The van der Waals surface area contributed by atoms with Crippen LogP contribution in [-0.2, 0) is 17.9 Å². The summed E-state index contributed by atoms with van der Waals surface area (Å²) in [6.07, 6.45) is 3.13. The Morgan fingerprint density at radius 1 is 1.12 bits per heavy atom. The molecule has 2 aromatic carbocycles. The maximum Gasteiger partial charge on any atom is 0.231 e. The van der Waals surface area contributed by atoms with Gasteiger partial charge in [-0.15, -0.1) is 14.9 Å². The first-order valence-electron chi connectivity index (χ1n) is 7.39. The van der Waals surface area contributed by atoms with Gasteiger partial charge in [0, 0.05) is 6.07 Å². The molecule has 25 heavy (non-hydrogen) atoms. The van der Waals surface area contributed by atoms with Crippen LogP contribution in [0.15, 0.2) is 53.9 Å². The van der Waals surface area contributed by atoms with Crippen LogP contribution in [0.3, 0.4) is 0 Å². The Kier molecular flexibility index (Phi) is 4.50. The van der Waals surface area contributed by atoms with E-state index in [1.807, 2.05) is 24.3 Å². The fourth-order valence-corrected chi connectivity index (χ4v) is 3.66. The van der Waals surface area contributed by atoms with Gasteiger partial charge < -0.3 is 14.0 Å². The molecule has 4 rings (SSSR count). The van der Waals surface area contributed by atoms with E-state index in [0.29, 0.717) is 22.2 Å². The van der Waals surface area contributed by atoms with Crippen LogP contribution >= 0.6 is 11.6 Å². The van der Waals surface area contributed by atoms with Crippen LogP contribution in [0.2, 0.25) is 5.02 Å². The van der Waals surface area contributed by atoms with E-state index in [2.05, 4.69) is 14.9 Å². The molecule has 1 N–H and O–H groups in total. The molecule has 0 saturated carbocycles. The summed E-state index contributed by atoms with van der Waals surface area (Å²) in [4.78, 5) is 0.494. The van der Waals surface area contributed by atoms with Crippen molar-refractivity contribution in [2.45, 2.75) is 11.4 Å². The number of hydrogen-bond donors (Lipinski definition) is 1. The van der Waals surface area contributed by atoms with Gasteiger partial charge in [-0.25, -0.2) is 0 Å². The van der Waals surface area contributed by atoms with Crippen molar-refractivity contribution in [3.05, 3.63) is 59.6 Å². The molecule has 0 amide bonds. The average molecular weight is 377 g/mol. The summed E-state index contributed by atoms with van der Waals surface area (Å²) in [7, 11) is 0. The molecule has 0 fully saturated rings. The Labute approximate surface area is 151 Å². The number of hydrogen-bond acceptors (Lipinski definition) is 6. The van der Waals surface area contributed by atoms with Crippen LogP contribution in [0.5, 0.6) is 11.5 Å². The number of aromatic nitrogens is 3. The van der Waals surface area contributed by atoms with Crippen molar-refractivity contribution < 1.29 is 14.0 Å². The van der Waals surface area contributed by atoms with E-state index in [0.717, 1.165) is 17.0 Å². The van der Waals surface area contributed by atoms with Crippen molar-refractivity contribution in [1.29, 1.82) is 0 Å². The van der Waals surface area contributed by atoms with Gasteiger partial charge in [-0.2, -0.15) is 0 Å². The molecule has 1 aliphatic heterocycles. The minimum atomic E-state index is -1.47. The lowest BCUT2D eigenvalue weighted by atomic mass is 10.2. The largest absolute Gasteiger partial charge is 0.593 e. The molecule has 1 atom stereocenters. The van der Waals surface area contributed by atoms with Crippen molar-refractivity contribution in [3.63, 3.8) is 0 Å². The number of nitrogens with one attached hydrogen (secondary N) is 1. The fourth-order valence-electron chi connectivity index (χ4n) is 2.41. The first kappa shape index (κ1) is 16.2. The van der Waals surface area contributed by atoms with Crippen molar-refractivity contribution in [1.82, 2.24) is 19.5 Å². The summed E-state index contributed by atoms with van der Waals surface area (Å²) in [5.74, 6) is 1.41. The van der Waals surface area contributed by atoms with E-state index in [-0.39, 0.29) is 6.79 Å². The second kappa shape index (κ2) is 6.93. The summed E-state index contributed by atoms with van der Waals surface area (Å²) in [6.45, 7) is 0.625.